The second-order valence-electron chi connectivity index (χ2n) is 5.50. The highest BCUT2D eigenvalue weighted by Crippen LogP contribution is 2.24. The van der Waals surface area contributed by atoms with Crippen LogP contribution in [-0.4, -0.2) is 19.1 Å². The van der Waals surface area contributed by atoms with Crippen molar-refractivity contribution >= 4 is 11.6 Å². The van der Waals surface area contributed by atoms with E-state index in [2.05, 4.69) is 19.2 Å². The molecule has 4 nitrogen and oxygen atoms in total. The number of amides is 1. The molecule has 0 radical (unpaired) electrons. The van der Waals surface area contributed by atoms with Crippen LogP contribution in [0.15, 0.2) is 48.5 Å². The van der Waals surface area contributed by atoms with Gasteiger partial charge in [0, 0.05) is 0 Å². The molecule has 0 bridgehead atoms. The Morgan fingerprint density at radius 2 is 1.67 bits per heavy atom. The summed E-state index contributed by atoms with van der Waals surface area (Å²) >= 11 is 0. The second-order valence-corrected chi connectivity index (χ2v) is 5.50. The molecule has 0 saturated heterocycles. The van der Waals surface area contributed by atoms with Crippen LogP contribution in [-0.2, 0) is 11.2 Å². The molecular weight excluding hydrogens is 302 g/mol. The van der Waals surface area contributed by atoms with Crippen LogP contribution < -0.4 is 14.8 Å². The molecule has 0 atom stereocenters. The van der Waals surface area contributed by atoms with E-state index in [0.717, 1.165) is 30.6 Å². The highest BCUT2D eigenvalue weighted by Gasteiger charge is 2.09. The van der Waals surface area contributed by atoms with Gasteiger partial charge in [-0.3, -0.25) is 4.79 Å². The summed E-state index contributed by atoms with van der Waals surface area (Å²) in [6.07, 6.45) is 2.92. The fraction of sp³-hybridized carbons (Fsp3) is 0.350. The number of rotatable bonds is 9. The van der Waals surface area contributed by atoms with Crippen molar-refractivity contribution in [3.8, 4) is 11.5 Å². The van der Waals surface area contributed by atoms with Gasteiger partial charge >= 0.3 is 0 Å². The number of carbonyl (C=O) groups excluding carboxylic acids is 1. The van der Waals surface area contributed by atoms with Crippen LogP contribution in [0.25, 0.3) is 0 Å². The van der Waals surface area contributed by atoms with Gasteiger partial charge in [0.05, 0.1) is 12.3 Å². The molecule has 0 aliphatic heterocycles. The molecule has 2 aromatic carbocycles. The molecule has 0 heterocycles. The molecule has 0 saturated carbocycles. The Balaban J connectivity index is 1.92. The van der Waals surface area contributed by atoms with Gasteiger partial charge in [0.2, 0.25) is 0 Å². The van der Waals surface area contributed by atoms with E-state index in [1.807, 2.05) is 48.5 Å². The summed E-state index contributed by atoms with van der Waals surface area (Å²) in [5.41, 5.74) is 1.76. The third-order valence-electron chi connectivity index (χ3n) is 3.63. The van der Waals surface area contributed by atoms with Gasteiger partial charge in [0.1, 0.15) is 11.5 Å². The molecule has 128 valence electrons. The van der Waals surface area contributed by atoms with Crippen LogP contribution in [0.1, 0.15) is 32.3 Å². The number of benzene rings is 2. The van der Waals surface area contributed by atoms with Crippen LogP contribution in [0.4, 0.5) is 5.69 Å². The van der Waals surface area contributed by atoms with Crippen molar-refractivity contribution in [1.29, 1.82) is 0 Å². The fourth-order valence-corrected chi connectivity index (χ4v) is 2.29. The Kier molecular flexibility index (Phi) is 7.15. The number of carbonyl (C=O) groups is 1. The Bertz CT molecular complexity index is 655. The molecule has 1 N–H and O–H groups in total. The minimum absolute atomic E-state index is 0.0275. The van der Waals surface area contributed by atoms with Crippen molar-refractivity contribution in [3.05, 3.63) is 54.1 Å². The largest absolute Gasteiger partial charge is 0.491 e. The van der Waals surface area contributed by atoms with E-state index in [4.69, 9.17) is 9.47 Å². The topological polar surface area (TPSA) is 47.6 Å². The first-order chi connectivity index (χ1) is 11.7. The maximum absolute atomic E-state index is 12.2. The number of hydrogen-bond acceptors (Lipinski definition) is 3. The normalized spacial score (nSPS) is 10.2. The summed E-state index contributed by atoms with van der Waals surface area (Å²) < 4.78 is 11.4. The molecule has 0 unspecified atom stereocenters. The van der Waals surface area contributed by atoms with Crippen molar-refractivity contribution in [2.24, 2.45) is 0 Å². The molecule has 0 aliphatic rings. The number of para-hydroxylation sites is 3. The number of unbranched alkanes of at least 4 members (excludes halogenated alkanes) is 1. The predicted octanol–water partition coefficient (Wildman–Crippen LogP) is 4.45. The number of nitrogens with one attached hydrogen (secondary N) is 1. The van der Waals surface area contributed by atoms with Gasteiger partial charge in [-0.15, -0.1) is 0 Å². The van der Waals surface area contributed by atoms with E-state index >= 15 is 0 Å². The average molecular weight is 327 g/mol. The van der Waals surface area contributed by atoms with Gasteiger partial charge in [0.15, 0.2) is 6.61 Å². The SMILES string of the molecule is CCCCOc1ccccc1NC(=O)COc1ccccc1CC. The molecule has 2 rings (SSSR count). The minimum Gasteiger partial charge on any atom is -0.491 e. The molecule has 0 aliphatic carbocycles. The van der Waals surface area contributed by atoms with Gasteiger partial charge in [-0.25, -0.2) is 0 Å². The van der Waals surface area contributed by atoms with Crippen molar-refractivity contribution in [2.45, 2.75) is 33.1 Å². The third kappa shape index (κ3) is 5.30. The molecule has 0 spiro atoms. The number of hydrogen-bond donors (Lipinski definition) is 1. The minimum atomic E-state index is -0.201. The van der Waals surface area contributed by atoms with Crippen LogP contribution in [0, 0.1) is 0 Å². The molecule has 0 aromatic heterocycles. The van der Waals surface area contributed by atoms with E-state index in [-0.39, 0.29) is 12.5 Å². The summed E-state index contributed by atoms with van der Waals surface area (Å²) in [6.45, 7) is 4.79. The molecule has 1 amide bonds. The smallest absolute Gasteiger partial charge is 0.262 e. The lowest BCUT2D eigenvalue weighted by atomic mass is 10.1. The van der Waals surface area contributed by atoms with Crippen LogP contribution >= 0.6 is 0 Å². The molecule has 24 heavy (non-hydrogen) atoms. The van der Waals surface area contributed by atoms with Crippen molar-refractivity contribution < 1.29 is 14.3 Å². The zero-order valence-corrected chi connectivity index (χ0v) is 14.4. The van der Waals surface area contributed by atoms with Crippen LogP contribution in [0.5, 0.6) is 11.5 Å². The van der Waals surface area contributed by atoms with Gasteiger partial charge in [0.25, 0.3) is 5.91 Å². The Hall–Kier alpha value is -2.49. The lowest BCUT2D eigenvalue weighted by Gasteiger charge is -2.13. The van der Waals surface area contributed by atoms with Gasteiger partial charge in [-0.2, -0.15) is 0 Å². The number of aryl methyl sites for hydroxylation is 1. The van der Waals surface area contributed by atoms with Gasteiger partial charge < -0.3 is 14.8 Å². The maximum atomic E-state index is 12.2. The lowest BCUT2D eigenvalue weighted by molar-refractivity contribution is -0.118. The number of anilines is 1. The highest BCUT2D eigenvalue weighted by atomic mass is 16.5. The zero-order valence-electron chi connectivity index (χ0n) is 14.4. The molecular formula is C20H25NO3. The average Bonchev–Trinajstić information content (AvgIpc) is 2.62. The van der Waals surface area contributed by atoms with E-state index in [0.29, 0.717) is 18.0 Å². The van der Waals surface area contributed by atoms with Crippen molar-refractivity contribution in [3.63, 3.8) is 0 Å². The Morgan fingerprint density at radius 1 is 0.958 bits per heavy atom. The summed E-state index contributed by atoms with van der Waals surface area (Å²) in [4.78, 5) is 12.2. The highest BCUT2D eigenvalue weighted by molar-refractivity contribution is 5.93. The van der Waals surface area contributed by atoms with Crippen molar-refractivity contribution in [2.75, 3.05) is 18.5 Å². The zero-order chi connectivity index (χ0) is 17.2. The number of ether oxygens (including phenoxy) is 2. The van der Waals surface area contributed by atoms with Crippen LogP contribution in [0.3, 0.4) is 0 Å². The standard InChI is InChI=1S/C20H25NO3/c1-3-5-14-23-19-13-9-7-11-17(19)21-20(22)15-24-18-12-8-6-10-16(18)4-2/h6-13H,3-5,14-15H2,1-2H3,(H,21,22). The van der Waals surface area contributed by atoms with Crippen molar-refractivity contribution in [1.82, 2.24) is 0 Å². The summed E-state index contributed by atoms with van der Waals surface area (Å²) in [5, 5.41) is 2.86. The molecule has 4 heteroatoms. The monoisotopic (exact) mass is 327 g/mol. The summed E-state index contributed by atoms with van der Waals surface area (Å²) in [5.74, 6) is 1.24. The molecule has 2 aromatic rings. The molecule has 0 fully saturated rings. The van der Waals surface area contributed by atoms with E-state index in [1.54, 1.807) is 0 Å². The van der Waals surface area contributed by atoms with Crippen LogP contribution in [0.2, 0.25) is 0 Å². The Morgan fingerprint density at radius 3 is 2.42 bits per heavy atom. The Labute approximate surface area is 143 Å². The van der Waals surface area contributed by atoms with Gasteiger partial charge in [-0.05, 0) is 36.6 Å². The maximum Gasteiger partial charge on any atom is 0.262 e. The lowest BCUT2D eigenvalue weighted by Crippen LogP contribution is -2.21. The predicted molar refractivity (Wildman–Crippen MR) is 96.8 cm³/mol. The summed E-state index contributed by atoms with van der Waals surface area (Å²) in [7, 11) is 0. The summed E-state index contributed by atoms with van der Waals surface area (Å²) in [6, 6.07) is 15.2. The second kappa shape index (κ2) is 9.60. The third-order valence-corrected chi connectivity index (χ3v) is 3.63. The quantitative estimate of drug-likeness (QED) is 0.692. The first kappa shape index (κ1) is 17.9. The van der Waals surface area contributed by atoms with E-state index < -0.39 is 0 Å². The van der Waals surface area contributed by atoms with E-state index in [1.165, 1.54) is 0 Å². The fourth-order valence-electron chi connectivity index (χ4n) is 2.29. The van der Waals surface area contributed by atoms with E-state index in [9.17, 15) is 4.79 Å². The first-order valence-electron chi connectivity index (χ1n) is 8.47. The van der Waals surface area contributed by atoms with Gasteiger partial charge in [-0.1, -0.05) is 50.6 Å². The first-order valence-corrected chi connectivity index (χ1v) is 8.47.